The van der Waals surface area contributed by atoms with E-state index in [1.165, 1.54) is 47.4 Å². The number of nitrogens with zero attached hydrogens (tertiary/aromatic N) is 1. The Bertz CT molecular complexity index is 1020. The van der Waals surface area contributed by atoms with Crippen molar-refractivity contribution in [2.24, 2.45) is 0 Å². The van der Waals surface area contributed by atoms with Gasteiger partial charge in [-0.15, -0.1) is 0 Å². The van der Waals surface area contributed by atoms with Gasteiger partial charge in [0, 0.05) is 37.8 Å². The first-order valence-electron chi connectivity index (χ1n) is 8.89. The molecule has 0 fully saturated rings. The van der Waals surface area contributed by atoms with Crippen LogP contribution in [0, 0.1) is 12.7 Å². The van der Waals surface area contributed by atoms with Crippen molar-refractivity contribution in [3.05, 3.63) is 59.4 Å². The van der Waals surface area contributed by atoms with E-state index in [0.717, 1.165) is 0 Å². The van der Waals surface area contributed by atoms with Crippen molar-refractivity contribution in [3.63, 3.8) is 0 Å². The molecular weight excluding hydrogens is 397 g/mol. The zero-order chi connectivity index (χ0) is 21.8. The standard InChI is InChI=1S/C20H24FN3O4S/c1-13-10-16(8-9-18(13)21)22-20(26)15-6-5-7-17(12-15)29(27,28)23-14(2)11-19(25)24(3)4/h5-10,12,14,23H,11H2,1-4H3,(H,22,26). The predicted octanol–water partition coefficient (Wildman–Crippen LogP) is 2.53. The van der Waals surface area contributed by atoms with Gasteiger partial charge in [-0.25, -0.2) is 17.5 Å². The van der Waals surface area contributed by atoms with E-state index in [4.69, 9.17) is 0 Å². The van der Waals surface area contributed by atoms with E-state index < -0.39 is 22.0 Å². The molecule has 0 spiro atoms. The minimum absolute atomic E-state index is 0.0102. The number of benzene rings is 2. The summed E-state index contributed by atoms with van der Waals surface area (Å²) in [5.74, 6) is -1.11. The summed E-state index contributed by atoms with van der Waals surface area (Å²) in [6.07, 6.45) is 0.0102. The van der Waals surface area contributed by atoms with Crippen LogP contribution in [0.5, 0.6) is 0 Å². The van der Waals surface area contributed by atoms with Crippen LogP contribution in [-0.2, 0) is 14.8 Å². The van der Waals surface area contributed by atoms with Crippen LogP contribution in [0.1, 0.15) is 29.3 Å². The van der Waals surface area contributed by atoms with Gasteiger partial charge in [-0.2, -0.15) is 0 Å². The number of halogens is 1. The molecule has 2 aromatic carbocycles. The van der Waals surface area contributed by atoms with E-state index in [-0.39, 0.29) is 28.6 Å². The third-order valence-electron chi connectivity index (χ3n) is 4.16. The monoisotopic (exact) mass is 421 g/mol. The largest absolute Gasteiger partial charge is 0.349 e. The summed E-state index contributed by atoms with van der Waals surface area (Å²) in [4.78, 5) is 25.5. The number of aryl methyl sites for hydroxylation is 1. The smallest absolute Gasteiger partial charge is 0.255 e. The highest BCUT2D eigenvalue weighted by Crippen LogP contribution is 2.17. The number of hydrogen-bond acceptors (Lipinski definition) is 4. The highest BCUT2D eigenvalue weighted by Gasteiger charge is 2.21. The molecule has 7 nitrogen and oxygen atoms in total. The molecule has 29 heavy (non-hydrogen) atoms. The topological polar surface area (TPSA) is 95.6 Å². The number of amides is 2. The second-order valence-electron chi connectivity index (χ2n) is 6.96. The summed E-state index contributed by atoms with van der Waals surface area (Å²) in [5.41, 5.74) is 0.910. The van der Waals surface area contributed by atoms with Crippen molar-refractivity contribution < 1.29 is 22.4 Å². The van der Waals surface area contributed by atoms with E-state index in [1.807, 2.05) is 0 Å². The summed E-state index contributed by atoms with van der Waals surface area (Å²) in [6, 6.07) is 9.07. The van der Waals surface area contributed by atoms with Gasteiger partial charge >= 0.3 is 0 Å². The number of carbonyl (C=O) groups excluding carboxylic acids is 2. The molecule has 1 unspecified atom stereocenters. The molecular formula is C20H24FN3O4S. The zero-order valence-electron chi connectivity index (χ0n) is 16.7. The molecule has 9 heteroatoms. The van der Waals surface area contributed by atoms with Crippen LogP contribution >= 0.6 is 0 Å². The summed E-state index contributed by atoms with van der Waals surface area (Å²) >= 11 is 0. The Balaban J connectivity index is 2.15. The predicted molar refractivity (Wildman–Crippen MR) is 109 cm³/mol. The van der Waals surface area contributed by atoms with Crippen LogP contribution in [0.4, 0.5) is 10.1 Å². The fourth-order valence-electron chi connectivity index (χ4n) is 2.55. The van der Waals surface area contributed by atoms with Crippen LogP contribution < -0.4 is 10.0 Å². The number of anilines is 1. The van der Waals surface area contributed by atoms with E-state index in [1.54, 1.807) is 27.9 Å². The van der Waals surface area contributed by atoms with E-state index in [0.29, 0.717) is 11.3 Å². The maximum Gasteiger partial charge on any atom is 0.255 e. The van der Waals surface area contributed by atoms with E-state index in [9.17, 15) is 22.4 Å². The summed E-state index contributed by atoms with van der Waals surface area (Å²) in [6.45, 7) is 3.17. The van der Waals surface area contributed by atoms with Crippen molar-refractivity contribution in [1.29, 1.82) is 0 Å². The van der Waals surface area contributed by atoms with Gasteiger partial charge < -0.3 is 10.2 Å². The number of nitrogens with one attached hydrogen (secondary N) is 2. The van der Waals surface area contributed by atoms with Gasteiger partial charge in [-0.1, -0.05) is 6.07 Å². The lowest BCUT2D eigenvalue weighted by Crippen LogP contribution is -2.37. The van der Waals surface area contributed by atoms with Gasteiger partial charge in [0.25, 0.3) is 5.91 Å². The van der Waals surface area contributed by atoms with Gasteiger partial charge in [0.05, 0.1) is 4.90 Å². The van der Waals surface area contributed by atoms with Crippen molar-refractivity contribution >= 4 is 27.5 Å². The van der Waals surface area contributed by atoms with Gasteiger partial charge in [0.2, 0.25) is 15.9 Å². The Morgan fingerprint density at radius 1 is 1.14 bits per heavy atom. The first kappa shape index (κ1) is 22.5. The second kappa shape index (κ2) is 9.15. The molecule has 2 amide bonds. The lowest BCUT2D eigenvalue weighted by molar-refractivity contribution is -0.129. The first-order valence-corrected chi connectivity index (χ1v) is 10.4. The van der Waals surface area contributed by atoms with Crippen LogP contribution in [-0.4, -0.2) is 45.3 Å². The molecule has 0 aliphatic heterocycles. The summed E-state index contributed by atoms with van der Waals surface area (Å²) in [5, 5.41) is 2.61. The molecule has 0 aromatic heterocycles. The molecule has 0 heterocycles. The molecule has 2 aromatic rings. The first-order chi connectivity index (χ1) is 13.5. The van der Waals surface area contributed by atoms with Gasteiger partial charge in [0.1, 0.15) is 5.82 Å². The Morgan fingerprint density at radius 2 is 1.83 bits per heavy atom. The number of sulfonamides is 1. The Labute approximate surface area is 170 Å². The quantitative estimate of drug-likeness (QED) is 0.718. The third-order valence-corrected chi connectivity index (χ3v) is 5.75. The van der Waals surface area contributed by atoms with Crippen molar-refractivity contribution in [2.45, 2.75) is 31.2 Å². The number of carbonyl (C=O) groups is 2. The van der Waals surface area contributed by atoms with Crippen LogP contribution in [0.25, 0.3) is 0 Å². The fourth-order valence-corrected chi connectivity index (χ4v) is 3.84. The van der Waals surface area contributed by atoms with Gasteiger partial charge in [-0.3, -0.25) is 9.59 Å². The highest BCUT2D eigenvalue weighted by atomic mass is 32.2. The normalized spacial score (nSPS) is 12.3. The second-order valence-corrected chi connectivity index (χ2v) is 8.67. The van der Waals surface area contributed by atoms with Crippen molar-refractivity contribution in [1.82, 2.24) is 9.62 Å². The molecule has 0 aliphatic rings. The van der Waals surface area contributed by atoms with Gasteiger partial charge in [-0.05, 0) is 55.8 Å². The Morgan fingerprint density at radius 3 is 2.45 bits per heavy atom. The Kier molecular flexibility index (Phi) is 7.10. The number of rotatable bonds is 7. The molecule has 0 saturated heterocycles. The van der Waals surface area contributed by atoms with Crippen LogP contribution in [0.15, 0.2) is 47.4 Å². The summed E-state index contributed by atoms with van der Waals surface area (Å²) in [7, 11) is -0.739. The minimum Gasteiger partial charge on any atom is -0.349 e. The van der Waals surface area contributed by atoms with Crippen molar-refractivity contribution in [2.75, 3.05) is 19.4 Å². The van der Waals surface area contributed by atoms with Gasteiger partial charge in [0.15, 0.2) is 0 Å². The minimum atomic E-state index is -3.92. The molecule has 2 rings (SSSR count). The maximum atomic E-state index is 13.4. The van der Waals surface area contributed by atoms with E-state index in [2.05, 4.69) is 10.0 Å². The highest BCUT2D eigenvalue weighted by molar-refractivity contribution is 7.89. The van der Waals surface area contributed by atoms with Crippen LogP contribution in [0.3, 0.4) is 0 Å². The molecule has 1 atom stereocenters. The average molecular weight is 421 g/mol. The fraction of sp³-hybridized carbons (Fsp3) is 0.300. The molecule has 0 radical (unpaired) electrons. The third kappa shape index (κ3) is 6.10. The van der Waals surface area contributed by atoms with E-state index >= 15 is 0 Å². The van der Waals surface area contributed by atoms with Crippen LogP contribution in [0.2, 0.25) is 0 Å². The SMILES string of the molecule is Cc1cc(NC(=O)c2cccc(S(=O)(=O)NC(C)CC(=O)N(C)C)c2)ccc1F. The lowest BCUT2D eigenvalue weighted by Gasteiger charge is -2.17. The average Bonchev–Trinajstić information content (AvgIpc) is 2.64. The molecule has 0 aliphatic carbocycles. The lowest BCUT2D eigenvalue weighted by atomic mass is 10.2. The zero-order valence-corrected chi connectivity index (χ0v) is 17.5. The summed E-state index contributed by atoms with van der Waals surface area (Å²) < 4.78 is 41.0. The molecule has 2 N–H and O–H groups in total. The molecule has 0 bridgehead atoms. The molecule has 156 valence electrons. The number of hydrogen-bond donors (Lipinski definition) is 2. The maximum absolute atomic E-state index is 13.4. The Hall–Kier alpha value is -2.78. The van der Waals surface area contributed by atoms with Crippen molar-refractivity contribution in [3.8, 4) is 0 Å². The molecule has 0 saturated carbocycles.